The second kappa shape index (κ2) is 11.9. The van der Waals surface area contributed by atoms with Gasteiger partial charge in [-0.15, -0.1) is 0 Å². The molecule has 3 saturated heterocycles. The van der Waals surface area contributed by atoms with Crippen molar-refractivity contribution in [3.8, 4) is 0 Å². The molecule has 0 radical (unpaired) electrons. The van der Waals surface area contributed by atoms with Crippen molar-refractivity contribution >= 4 is 21.1 Å². The molecule has 7 nitrogen and oxygen atoms in total. The van der Waals surface area contributed by atoms with E-state index in [9.17, 15) is 8.42 Å². The van der Waals surface area contributed by atoms with Crippen LogP contribution >= 0.6 is 0 Å². The minimum atomic E-state index is -3.15. The number of piperidine rings is 2. The third-order valence-corrected chi connectivity index (χ3v) is 12.2. The highest BCUT2D eigenvalue weighted by atomic mass is 32.2. The van der Waals surface area contributed by atoms with E-state index in [1.165, 1.54) is 101 Å². The van der Waals surface area contributed by atoms with Gasteiger partial charge >= 0.3 is 0 Å². The Morgan fingerprint density at radius 1 is 0.829 bits per heavy atom. The number of para-hydroxylation sites is 2. The largest absolute Gasteiger partial charge is 0.325 e. The molecule has 2 aliphatic carbocycles. The summed E-state index contributed by atoms with van der Waals surface area (Å²) < 4.78 is 28.6. The van der Waals surface area contributed by atoms with Crippen molar-refractivity contribution in [2.45, 2.75) is 127 Å². The summed E-state index contributed by atoms with van der Waals surface area (Å²) in [5.41, 5.74) is 2.45. The van der Waals surface area contributed by atoms with Crippen LogP contribution in [0.1, 0.15) is 102 Å². The number of rotatable bonds is 8. The van der Waals surface area contributed by atoms with Crippen LogP contribution in [0.5, 0.6) is 0 Å². The van der Waals surface area contributed by atoms with Crippen molar-refractivity contribution in [1.29, 1.82) is 0 Å². The lowest BCUT2D eigenvalue weighted by Gasteiger charge is -2.54. The third-order valence-electron chi connectivity index (χ3n) is 11.5. The molecule has 8 heteroatoms. The van der Waals surface area contributed by atoms with Crippen LogP contribution < -0.4 is 4.72 Å². The second-order valence-electron chi connectivity index (χ2n) is 14.3. The maximum atomic E-state index is 11.6. The number of sulfonamides is 1. The molecule has 226 valence electrons. The van der Waals surface area contributed by atoms with Gasteiger partial charge in [-0.05, 0) is 88.3 Å². The molecule has 4 heterocycles. The molecule has 1 N–H and O–H groups in total. The summed E-state index contributed by atoms with van der Waals surface area (Å²) in [6.07, 6.45) is 21.5. The normalized spacial score (nSPS) is 35.1. The predicted octanol–water partition coefficient (Wildman–Crippen LogP) is 5.51. The van der Waals surface area contributed by atoms with E-state index in [1.54, 1.807) is 0 Å². The van der Waals surface area contributed by atoms with Crippen molar-refractivity contribution in [3.63, 3.8) is 0 Å². The summed E-state index contributed by atoms with van der Waals surface area (Å²) in [7, 11) is -3.15. The maximum Gasteiger partial charge on any atom is 0.208 e. The minimum Gasteiger partial charge on any atom is -0.325 e. The Hall–Kier alpha value is -1.48. The highest BCUT2D eigenvalue weighted by Crippen LogP contribution is 2.47. The molecule has 0 amide bonds. The van der Waals surface area contributed by atoms with E-state index in [-0.39, 0.29) is 0 Å². The van der Waals surface area contributed by atoms with Gasteiger partial charge in [0.2, 0.25) is 10.0 Å². The van der Waals surface area contributed by atoms with Gasteiger partial charge in [0.05, 0.1) is 17.3 Å². The number of nitrogens with zero attached hydrogens (tertiary/aromatic N) is 4. The fraction of sp³-hybridized carbons (Fsp3) is 0.788. The van der Waals surface area contributed by atoms with Crippen molar-refractivity contribution in [1.82, 2.24) is 24.1 Å². The summed E-state index contributed by atoms with van der Waals surface area (Å²) in [5, 5.41) is 0. The first-order valence-electron chi connectivity index (χ1n) is 16.8. The molecule has 5 aliphatic rings. The first-order valence-corrected chi connectivity index (χ1v) is 18.7. The van der Waals surface area contributed by atoms with Crippen LogP contribution in [-0.4, -0.2) is 77.8 Å². The van der Waals surface area contributed by atoms with Crippen molar-refractivity contribution < 1.29 is 8.42 Å². The van der Waals surface area contributed by atoms with Crippen LogP contribution in [0.2, 0.25) is 0 Å². The predicted molar refractivity (Wildman–Crippen MR) is 166 cm³/mol. The molecule has 3 aliphatic heterocycles. The molecule has 2 aromatic rings. The molecule has 5 fully saturated rings. The third kappa shape index (κ3) is 6.13. The molecule has 1 aromatic carbocycles. The number of benzene rings is 1. The molecule has 0 unspecified atom stereocenters. The number of imidazole rings is 1. The Morgan fingerprint density at radius 2 is 1.56 bits per heavy atom. The lowest BCUT2D eigenvalue weighted by molar-refractivity contribution is -0.0420. The van der Waals surface area contributed by atoms with Crippen LogP contribution in [0.4, 0.5) is 0 Å². The quantitative estimate of drug-likeness (QED) is 0.445. The van der Waals surface area contributed by atoms with Gasteiger partial charge in [-0.2, -0.15) is 0 Å². The van der Waals surface area contributed by atoms with Crippen LogP contribution in [0, 0.1) is 11.8 Å². The van der Waals surface area contributed by atoms with Gasteiger partial charge in [-0.25, -0.2) is 18.1 Å². The molecular formula is C33H51N5O2S. The van der Waals surface area contributed by atoms with Crippen molar-refractivity contribution in [3.05, 3.63) is 30.1 Å². The Labute approximate surface area is 247 Å². The smallest absolute Gasteiger partial charge is 0.208 e. The zero-order valence-corrected chi connectivity index (χ0v) is 25.9. The lowest BCUT2D eigenvalue weighted by Crippen LogP contribution is -2.58. The van der Waals surface area contributed by atoms with Crippen LogP contribution in [0.25, 0.3) is 11.0 Å². The minimum absolute atomic E-state index is 0.428. The maximum absolute atomic E-state index is 11.6. The number of likely N-dealkylation sites (tertiary alicyclic amines) is 1. The molecule has 4 bridgehead atoms. The average Bonchev–Trinajstić information content (AvgIpc) is 3.48. The Balaban J connectivity index is 1.11. The van der Waals surface area contributed by atoms with E-state index < -0.39 is 10.0 Å². The fourth-order valence-electron chi connectivity index (χ4n) is 9.96. The molecule has 41 heavy (non-hydrogen) atoms. The monoisotopic (exact) mass is 581 g/mol. The standard InChI is InChI=1S/C33H51N5O2S/c1-41(39,40)34-15-17-36-16-7-12-26(36)23-33-35-31-13-4-5-14-32(31)38(33)30-21-27-10-6-11-28(22-30)37(27)29-19-24-8-2-3-9-25(18-24)20-29/h4-5,13-14,24-30,34H,2-3,6-12,15-23H2,1H3/t24-,25+,26-,27-,28+,29+,30-/m0/s1. The Bertz CT molecular complexity index is 1280. The first-order chi connectivity index (χ1) is 19.9. The number of hydrogen-bond acceptors (Lipinski definition) is 5. The molecule has 7 rings (SSSR count). The second-order valence-corrected chi connectivity index (χ2v) is 16.1. The number of aromatic nitrogens is 2. The van der Waals surface area contributed by atoms with E-state index in [1.807, 2.05) is 0 Å². The summed E-state index contributed by atoms with van der Waals surface area (Å²) in [6, 6.07) is 12.0. The van der Waals surface area contributed by atoms with Gasteiger partial charge in [0.15, 0.2) is 0 Å². The van der Waals surface area contributed by atoms with Gasteiger partial charge in [-0.1, -0.05) is 44.2 Å². The lowest BCUT2D eigenvalue weighted by atomic mass is 9.73. The SMILES string of the molecule is CS(=O)(=O)NCCN1CCC[C@H]1Cc1nc2ccccc2n1[C@@H]1C[C@H]2CCC[C@@H](C1)N2[C@H]1C[C@@H]2CCCC[C@@H](C2)C1. The van der Waals surface area contributed by atoms with Crippen LogP contribution in [0.15, 0.2) is 24.3 Å². The molecule has 2 saturated carbocycles. The highest BCUT2D eigenvalue weighted by Gasteiger charge is 2.45. The summed E-state index contributed by atoms with van der Waals surface area (Å²) >= 11 is 0. The van der Waals surface area contributed by atoms with Crippen LogP contribution in [0.3, 0.4) is 0 Å². The molecule has 0 spiro atoms. The van der Waals surface area contributed by atoms with E-state index in [2.05, 4.69) is 43.4 Å². The zero-order valence-electron chi connectivity index (χ0n) is 25.1. The van der Waals surface area contributed by atoms with E-state index >= 15 is 0 Å². The van der Waals surface area contributed by atoms with Gasteiger partial charge in [0.1, 0.15) is 5.82 Å². The molecular weight excluding hydrogens is 530 g/mol. The van der Waals surface area contributed by atoms with Crippen molar-refractivity contribution in [2.24, 2.45) is 11.8 Å². The fourth-order valence-corrected chi connectivity index (χ4v) is 10.4. The average molecular weight is 582 g/mol. The molecule has 7 atom stereocenters. The Kier molecular flexibility index (Phi) is 8.21. The zero-order chi connectivity index (χ0) is 28.0. The van der Waals surface area contributed by atoms with E-state index in [4.69, 9.17) is 4.98 Å². The summed E-state index contributed by atoms with van der Waals surface area (Å²) in [4.78, 5) is 10.8. The topological polar surface area (TPSA) is 70.5 Å². The summed E-state index contributed by atoms with van der Waals surface area (Å²) in [5.74, 6) is 3.20. The van der Waals surface area contributed by atoms with Gasteiger partial charge in [0.25, 0.3) is 0 Å². The number of nitrogens with one attached hydrogen (secondary N) is 1. The van der Waals surface area contributed by atoms with Crippen molar-refractivity contribution in [2.75, 3.05) is 25.9 Å². The number of fused-ring (bicyclic) bond motifs is 5. The first kappa shape index (κ1) is 28.3. The van der Waals surface area contributed by atoms with Gasteiger partial charge < -0.3 is 4.57 Å². The number of hydrogen-bond donors (Lipinski definition) is 1. The van der Waals surface area contributed by atoms with E-state index in [0.29, 0.717) is 18.6 Å². The van der Waals surface area contributed by atoms with Crippen LogP contribution in [-0.2, 0) is 16.4 Å². The highest BCUT2D eigenvalue weighted by molar-refractivity contribution is 7.88. The van der Waals surface area contributed by atoms with Gasteiger partial charge in [-0.3, -0.25) is 9.80 Å². The molecule has 1 aromatic heterocycles. The van der Waals surface area contributed by atoms with E-state index in [0.717, 1.165) is 61.4 Å². The van der Waals surface area contributed by atoms with Gasteiger partial charge in [0, 0.05) is 49.7 Å². The Morgan fingerprint density at radius 3 is 2.29 bits per heavy atom. The summed E-state index contributed by atoms with van der Waals surface area (Å²) in [6.45, 7) is 2.29.